The Kier molecular flexibility index (Phi) is 20.4. The minimum Gasteiger partial charge on any atom is -0.126 e. The molecule has 6 heteroatoms. The minimum atomic E-state index is -1.36. The Bertz CT molecular complexity index is 911. The van der Waals surface area contributed by atoms with Crippen LogP contribution in [0, 0.1) is 20.9 Å². The SMILES string of the molecule is CC(CC1=[C-]CC=C1)O[Si](C)(C)C.Cl.Cl.[CH3-].[CH3-].[Si]=[Zr].c1ccc2c(c1)[cH-]c1ccccc12. The van der Waals surface area contributed by atoms with Crippen LogP contribution in [-0.2, 0) is 27.8 Å². The van der Waals surface area contributed by atoms with Gasteiger partial charge < -0.3 is 19.3 Å². The van der Waals surface area contributed by atoms with E-state index in [2.05, 4.69) is 106 Å². The van der Waals surface area contributed by atoms with Crippen molar-refractivity contribution in [3.8, 4) is 0 Å². The maximum absolute atomic E-state index is 5.94. The molecule has 0 spiro atoms. The van der Waals surface area contributed by atoms with Crippen LogP contribution in [0.2, 0.25) is 19.6 Å². The third-order valence-electron chi connectivity index (χ3n) is 4.35. The molecule has 0 bridgehead atoms. The summed E-state index contributed by atoms with van der Waals surface area (Å²) in [6.45, 7) is 11.9. The molecule has 0 heterocycles. The van der Waals surface area contributed by atoms with Gasteiger partial charge in [-0.05, 0) is 33.0 Å². The Balaban J connectivity index is -0.000000437. The third kappa shape index (κ3) is 11.7. The van der Waals surface area contributed by atoms with Crippen LogP contribution < -0.4 is 0 Å². The predicted molar refractivity (Wildman–Crippen MR) is 149 cm³/mol. The minimum absolute atomic E-state index is 0. The average molecular weight is 583 g/mol. The van der Waals surface area contributed by atoms with Crippen molar-refractivity contribution in [2.45, 2.75) is 45.5 Å². The van der Waals surface area contributed by atoms with Crippen molar-refractivity contribution in [2.24, 2.45) is 0 Å². The summed E-state index contributed by atoms with van der Waals surface area (Å²) in [5, 5.41) is 5.39. The molecule has 1 unspecified atom stereocenters. The standard InChI is InChI=1S/C13H9.C11H19OSi.2CH3.2ClH.Si.Zr/c1-3-7-12-10(5-1)9-11-6-2-4-8-13(11)12;1-10(12-13(2,3)4)9-11-7-5-6-8-11;;;;;;/h1-9H;5,7,10H,6,9H2,1-4H3;2*1H3;2*1H;;/q4*-1;;;;. The first-order valence-electron chi connectivity index (χ1n) is 9.64. The molecule has 176 valence electrons. The van der Waals surface area contributed by atoms with Crippen molar-refractivity contribution in [3.63, 3.8) is 0 Å². The molecule has 0 aliphatic heterocycles. The number of hydrogen-bond acceptors (Lipinski definition) is 1. The van der Waals surface area contributed by atoms with E-state index in [0.29, 0.717) is 6.10 Å². The third-order valence-corrected chi connectivity index (χ3v) is 5.46. The molecule has 0 saturated heterocycles. The van der Waals surface area contributed by atoms with Gasteiger partial charge in [0.2, 0.25) is 0 Å². The molecule has 0 aromatic heterocycles. The van der Waals surface area contributed by atoms with Gasteiger partial charge in [-0.2, -0.15) is 6.08 Å². The largest absolute Gasteiger partial charge is 0.126 e. The Morgan fingerprint density at radius 2 is 1.44 bits per heavy atom. The number of hydrogen-bond donors (Lipinski definition) is 0. The zero-order chi connectivity index (χ0) is 20.6. The molecule has 1 aliphatic rings. The molecule has 1 aliphatic carbocycles. The summed E-state index contributed by atoms with van der Waals surface area (Å²) in [6.07, 6.45) is 9.96. The average Bonchev–Trinajstić information content (AvgIpc) is 3.29. The molecular formula is C26H36Cl2OSi2Zr-4. The van der Waals surface area contributed by atoms with Crippen molar-refractivity contribution in [1.82, 2.24) is 0 Å². The van der Waals surface area contributed by atoms with E-state index in [9.17, 15) is 0 Å². The molecular weight excluding hydrogens is 547 g/mol. The van der Waals surface area contributed by atoms with Gasteiger partial charge in [0.05, 0.1) is 0 Å². The Morgan fingerprint density at radius 1 is 0.969 bits per heavy atom. The van der Waals surface area contributed by atoms with Crippen LogP contribution in [0.15, 0.2) is 72.3 Å². The van der Waals surface area contributed by atoms with E-state index in [0.717, 1.165) is 12.8 Å². The monoisotopic (exact) mass is 580 g/mol. The molecule has 0 amide bonds. The van der Waals surface area contributed by atoms with Crippen molar-refractivity contribution in [2.75, 3.05) is 0 Å². The first-order chi connectivity index (χ1) is 13.4. The first kappa shape index (κ1) is 36.2. The summed E-state index contributed by atoms with van der Waals surface area (Å²) in [5.41, 5.74) is 1.31. The van der Waals surface area contributed by atoms with E-state index in [4.69, 9.17) is 4.43 Å². The van der Waals surface area contributed by atoms with Gasteiger partial charge in [-0.15, -0.1) is 71.0 Å². The summed E-state index contributed by atoms with van der Waals surface area (Å²) in [6, 6.07) is 19.3. The fraction of sp³-hybridized carbons (Fsp3) is 0.269. The van der Waals surface area contributed by atoms with Crippen molar-refractivity contribution in [3.05, 3.63) is 93.3 Å². The van der Waals surface area contributed by atoms with Crippen LogP contribution in [0.4, 0.5) is 0 Å². The topological polar surface area (TPSA) is 9.23 Å². The molecule has 0 fully saturated rings. The van der Waals surface area contributed by atoms with Crippen LogP contribution in [-0.4, -0.2) is 21.3 Å². The number of rotatable bonds is 4. The molecule has 1 nitrogen and oxygen atoms in total. The molecule has 3 aromatic rings. The smallest absolute Gasteiger partial charge is 0.0771 e. The van der Waals surface area contributed by atoms with Gasteiger partial charge in [0.15, 0.2) is 8.32 Å². The molecule has 3 aromatic carbocycles. The van der Waals surface area contributed by atoms with Crippen molar-refractivity contribution < 1.29 is 27.8 Å². The second-order valence-electron chi connectivity index (χ2n) is 7.87. The van der Waals surface area contributed by atoms with Crippen LogP contribution >= 0.6 is 24.8 Å². The van der Waals surface area contributed by atoms with E-state index >= 15 is 0 Å². The molecule has 4 rings (SSSR count). The molecule has 0 N–H and O–H groups in total. The van der Waals surface area contributed by atoms with Gasteiger partial charge in [0.1, 0.15) is 0 Å². The second-order valence-corrected chi connectivity index (χ2v) is 12.3. The summed E-state index contributed by atoms with van der Waals surface area (Å²) >= 11 is 1.36. The van der Waals surface area contributed by atoms with Crippen LogP contribution in [0.3, 0.4) is 0 Å². The van der Waals surface area contributed by atoms with Crippen LogP contribution in [0.1, 0.15) is 19.8 Å². The Morgan fingerprint density at radius 3 is 1.84 bits per heavy atom. The van der Waals surface area contributed by atoms with Gasteiger partial charge >= 0.3 is 30.2 Å². The van der Waals surface area contributed by atoms with Gasteiger partial charge in [0.25, 0.3) is 0 Å². The fourth-order valence-electron chi connectivity index (χ4n) is 3.45. The Hall–Kier alpha value is -0.353. The Labute approximate surface area is 226 Å². The van der Waals surface area contributed by atoms with Gasteiger partial charge in [-0.1, -0.05) is 36.4 Å². The molecule has 2 radical (unpaired) electrons. The fourth-order valence-corrected chi connectivity index (χ4v) is 4.74. The van der Waals surface area contributed by atoms with E-state index in [-0.39, 0.29) is 39.7 Å². The van der Waals surface area contributed by atoms with E-state index in [1.807, 2.05) is 0 Å². The number of halogens is 2. The van der Waals surface area contributed by atoms with Gasteiger partial charge in [0, 0.05) is 6.10 Å². The molecule has 1 atom stereocenters. The van der Waals surface area contributed by atoms with Gasteiger partial charge in [-0.3, -0.25) is 6.08 Å². The second kappa shape index (κ2) is 18.0. The van der Waals surface area contributed by atoms with Crippen LogP contribution in [0.5, 0.6) is 0 Å². The molecule has 32 heavy (non-hydrogen) atoms. The summed E-state index contributed by atoms with van der Waals surface area (Å²) in [7, 11) is -1.36. The maximum Gasteiger partial charge on any atom is -0.0771 e. The van der Waals surface area contributed by atoms with Gasteiger partial charge in [-0.25, -0.2) is 11.6 Å². The van der Waals surface area contributed by atoms with E-state index in [1.165, 1.54) is 50.5 Å². The van der Waals surface area contributed by atoms with Crippen molar-refractivity contribution in [1.29, 1.82) is 0 Å². The first-order valence-corrected chi connectivity index (χ1v) is 17.2. The van der Waals surface area contributed by atoms with Crippen molar-refractivity contribution >= 4 is 61.6 Å². The number of allylic oxidation sites excluding steroid dienone is 3. The maximum atomic E-state index is 5.94. The summed E-state index contributed by atoms with van der Waals surface area (Å²) in [5.74, 6) is 0. The van der Waals surface area contributed by atoms with E-state index in [1.54, 1.807) is 0 Å². The van der Waals surface area contributed by atoms with E-state index < -0.39 is 8.32 Å². The molecule has 0 saturated carbocycles. The quantitative estimate of drug-likeness (QED) is 0.222. The predicted octanol–water partition coefficient (Wildman–Crippen LogP) is 8.38. The zero-order valence-corrected chi connectivity index (χ0v) is 26.2. The number of benzene rings is 2. The summed E-state index contributed by atoms with van der Waals surface area (Å²) < 4.78 is 5.94. The number of fused-ring (bicyclic) bond motifs is 3. The van der Waals surface area contributed by atoms with Crippen LogP contribution in [0.25, 0.3) is 21.5 Å². The summed E-state index contributed by atoms with van der Waals surface area (Å²) in [4.78, 5) is 0. The normalized spacial score (nSPS) is 12.3. The zero-order valence-electron chi connectivity index (χ0n) is 20.1.